The van der Waals surface area contributed by atoms with Crippen LogP contribution in [0, 0.1) is 5.92 Å². The van der Waals surface area contributed by atoms with Crippen molar-refractivity contribution in [3.63, 3.8) is 0 Å². The van der Waals surface area contributed by atoms with Gasteiger partial charge in [-0.1, -0.05) is 12.8 Å². The quantitative estimate of drug-likeness (QED) is 0.833. The summed E-state index contributed by atoms with van der Waals surface area (Å²) in [5, 5.41) is 0. The molecule has 4 nitrogen and oxygen atoms in total. The number of amides is 1. The predicted molar refractivity (Wildman–Crippen MR) is 73.8 cm³/mol. The molecular weight excluding hydrogens is 252 g/mol. The Balaban J connectivity index is 0.00000162. The van der Waals surface area contributed by atoms with Gasteiger partial charge in [0.1, 0.15) is 0 Å². The largest absolute Gasteiger partial charge is 0.380 e. The highest BCUT2D eigenvalue weighted by Gasteiger charge is 2.26. The number of hydrogen-bond acceptors (Lipinski definition) is 3. The van der Waals surface area contributed by atoms with Crippen LogP contribution in [-0.4, -0.2) is 43.2 Å². The first kappa shape index (κ1) is 15.7. The molecule has 1 aliphatic carbocycles. The molecule has 5 heteroatoms. The van der Waals surface area contributed by atoms with Crippen LogP contribution in [0.1, 0.15) is 38.5 Å². The molecule has 1 saturated heterocycles. The van der Waals surface area contributed by atoms with E-state index in [4.69, 9.17) is 10.5 Å². The molecule has 2 fully saturated rings. The topological polar surface area (TPSA) is 55.6 Å². The summed E-state index contributed by atoms with van der Waals surface area (Å²) in [4.78, 5) is 14.1. The number of nitrogens with two attached hydrogens (primary N) is 1. The van der Waals surface area contributed by atoms with Crippen molar-refractivity contribution < 1.29 is 9.53 Å². The van der Waals surface area contributed by atoms with Gasteiger partial charge >= 0.3 is 0 Å². The number of ether oxygens (including phenoxy) is 1. The van der Waals surface area contributed by atoms with E-state index < -0.39 is 0 Å². The van der Waals surface area contributed by atoms with Crippen molar-refractivity contribution in [3.05, 3.63) is 0 Å². The first-order valence-electron chi connectivity index (χ1n) is 6.88. The standard InChI is InChI=1S/C13H24N2O2.ClH/c14-12-5-2-1-4-11(12)10-13(16)15-6-3-8-17-9-7-15;/h11-12H,1-10,14H2;1H. The van der Waals surface area contributed by atoms with Crippen molar-refractivity contribution in [1.29, 1.82) is 0 Å². The number of carbonyl (C=O) groups is 1. The van der Waals surface area contributed by atoms with E-state index in [0.717, 1.165) is 39.0 Å². The lowest BCUT2D eigenvalue weighted by atomic mass is 9.83. The number of halogens is 1. The van der Waals surface area contributed by atoms with E-state index in [2.05, 4.69) is 0 Å². The molecule has 18 heavy (non-hydrogen) atoms. The van der Waals surface area contributed by atoms with Crippen LogP contribution in [0.2, 0.25) is 0 Å². The van der Waals surface area contributed by atoms with Gasteiger partial charge in [0.05, 0.1) is 6.61 Å². The molecule has 2 unspecified atom stereocenters. The zero-order chi connectivity index (χ0) is 12.1. The van der Waals surface area contributed by atoms with Gasteiger partial charge < -0.3 is 15.4 Å². The minimum atomic E-state index is 0. The molecule has 0 aromatic rings. The monoisotopic (exact) mass is 276 g/mol. The van der Waals surface area contributed by atoms with Gasteiger partial charge in [0.2, 0.25) is 5.91 Å². The van der Waals surface area contributed by atoms with Crippen LogP contribution >= 0.6 is 12.4 Å². The lowest BCUT2D eigenvalue weighted by molar-refractivity contribution is -0.132. The molecule has 1 heterocycles. The van der Waals surface area contributed by atoms with E-state index >= 15 is 0 Å². The third kappa shape index (κ3) is 4.41. The summed E-state index contributed by atoms with van der Waals surface area (Å²) < 4.78 is 5.37. The zero-order valence-electron chi connectivity index (χ0n) is 11.0. The van der Waals surface area contributed by atoms with Gasteiger partial charge in [-0.3, -0.25) is 4.79 Å². The van der Waals surface area contributed by atoms with E-state index in [1.54, 1.807) is 0 Å². The molecular formula is C13H25ClN2O2. The number of carbonyl (C=O) groups excluding carboxylic acids is 1. The van der Waals surface area contributed by atoms with Crippen LogP contribution in [-0.2, 0) is 9.53 Å². The molecule has 2 aliphatic rings. The number of rotatable bonds is 2. The minimum Gasteiger partial charge on any atom is -0.380 e. The molecule has 1 amide bonds. The Bertz CT molecular complexity index is 255. The van der Waals surface area contributed by atoms with E-state index in [0.29, 0.717) is 18.9 Å². The van der Waals surface area contributed by atoms with Crippen LogP contribution in [0.25, 0.3) is 0 Å². The lowest BCUT2D eigenvalue weighted by Crippen LogP contribution is -2.39. The average Bonchev–Trinajstić information content (AvgIpc) is 2.61. The molecule has 0 aromatic heterocycles. The highest BCUT2D eigenvalue weighted by Crippen LogP contribution is 2.26. The second-order valence-electron chi connectivity index (χ2n) is 5.26. The van der Waals surface area contributed by atoms with Gasteiger partial charge in [-0.2, -0.15) is 0 Å². The number of hydrogen-bond donors (Lipinski definition) is 1. The van der Waals surface area contributed by atoms with Crippen molar-refractivity contribution in [2.24, 2.45) is 11.7 Å². The first-order chi connectivity index (χ1) is 8.27. The van der Waals surface area contributed by atoms with Crippen molar-refractivity contribution in [3.8, 4) is 0 Å². The SMILES string of the molecule is Cl.NC1CCCCC1CC(=O)N1CCCOCC1. The maximum Gasteiger partial charge on any atom is 0.222 e. The van der Waals surface area contributed by atoms with Crippen molar-refractivity contribution in [2.45, 2.75) is 44.6 Å². The summed E-state index contributed by atoms with van der Waals surface area (Å²) in [6.07, 6.45) is 6.26. The smallest absolute Gasteiger partial charge is 0.222 e. The fourth-order valence-corrected chi connectivity index (χ4v) is 2.84. The third-order valence-corrected chi connectivity index (χ3v) is 3.98. The van der Waals surface area contributed by atoms with Gasteiger partial charge in [-0.05, 0) is 25.2 Å². The lowest BCUT2D eigenvalue weighted by Gasteiger charge is -2.30. The van der Waals surface area contributed by atoms with Crippen LogP contribution in [0.3, 0.4) is 0 Å². The van der Waals surface area contributed by atoms with Crippen molar-refractivity contribution >= 4 is 18.3 Å². The highest BCUT2D eigenvalue weighted by molar-refractivity contribution is 5.85. The van der Waals surface area contributed by atoms with Crippen LogP contribution in [0.5, 0.6) is 0 Å². The van der Waals surface area contributed by atoms with Crippen molar-refractivity contribution in [2.75, 3.05) is 26.3 Å². The van der Waals surface area contributed by atoms with Crippen LogP contribution in [0.15, 0.2) is 0 Å². The van der Waals surface area contributed by atoms with Gasteiger partial charge in [0.15, 0.2) is 0 Å². The number of nitrogens with zero attached hydrogens (tertiary/aromatic N) is 1. The highest BCUT2D eigenvalue weighted by atomic mass is 35.5. The fraction of sp³-hybridized carbons (Fsp3) is 0.923. The second kappa shape index (κ2) is 7.97. The Kier molecular flexibility index (Phi) is 6.97. The van der Waals surface area contributed by atoms with E-state index in [1.807, 2.05) is 4.90 Å². The summed E-state index contributed by atoms with van der Waals surface area (Å²) in [6, 6.07) is 0.232. The van der Waals surface area contributed by atoms with Gasteiger partial charge in [-0.15, -0.1) is 12.4 Å². The van der Waals surface area contributed by atoms with Gasteiger partial charge in [0, 0.05) is 32.2 Å². The Hall–Kier alpha value is -0.320. The van der Waals surface area contributed by atoms with Crippen LogP contribution < -0.4 is 5.73 Å². The molecule has 2 rings (SSSR count). The molecule has 0 aromatic carbocycles. The maximum atomic E-state index is 12.2. The second-order valence-corrected chi connectivity index (χ2v) is 5.26. The Morgan fingerprint density at radius 3 is 2.72 bits per heavy atom. The summed E-state index contributed by atoms with van der Waals surface area (Å²) in [6.45, 7) is 3.07. The maximum absolute atomic E-state index is 12.2. The summed E-state index contributed by atoms with van der Waals surface area (Å²) in [5.41, 5.74) is 6.09. The van der Waals surface area contributed by atoms with E-state index in [-0.39, 0.29) is 24.4 Å². The zero-order valence-corrected chi connectivity index (χ0v) is 11.8. The minimum absolute atomic E-state index is 0. The summed E-state index contributed by atoms with van der Waals surface area (Å²) >= 11 is 0. The summed E-state index contributed by atoms with van der Waals surface area (Å²) in [5.74, 6) is 0.679. The molecule has 106 valence electrons. The Labute approximate surface area is 116 Å². The fourth-order valence-electron chi connectivity index (χ4n) is 2.84. The normalized spacial score (nSPS) is 29.3. The Morgan fingerprint density at radius 2 is 1.94 bits per heavy atom. The first-order valence-corrected chi connectivity index (χ1v) is 6.88. The van der Waals surface area contributed by atoms with Crippen LogP contribution in [0.4, 0.5) is 0 Å². The third-order valence-electron chi connectivity index (χ3n) is 3.98. The molecule has 2 N–H and O–H groups in total. The Morgan fingerprint density at radius 1 is 1.17 bits per heavy atom. The van der Waals surface area contributed by atoms with E-state index in [1.165, 1.54) is 12.8 Å². The molecule has 2 atom stereocenters. The molecule has 0 bridgehead atoms. The predicted octanol–water partition coefficient (Wildman–Crippen LogP) is 1.56. The van der Waals surface area contributed by atoms with Crippen molar-refractivity contribution in [1.82, 2.24) is 4.90 Å². The van der Waals surface area contributed by atoms with Gasteiger partial charge in [-0.25, -0.2) is 0 Å². The van der Waals surface area contributed by atoms with Gasteiger partial charge in [0.25, 0.3) is 0 Å². The molecule has 0 radical (unpaired) electrons. The molecule has 1 aliphatic heterocycles. The van der Waals surface area contributed by atoms with E-state index in [9.17, 15) is 4.79 Å². The molecule has 0 spiro atoms. The molecule has 1 saturated carbocycles. The average molecular weight is 277 g/mol. The summed E-state index contributed by atoms with van der Waals surface area (Å²) in [7, 11) is 0.